The number of nitro benzene ring substituents is 1. The number of non-ortho nitro benzene ring substituents is 1. The zero-order chi connectivity index (χ0) is 18.5. The smallest absolute Gasteiger partial charge is 0.270 e. The summed E-state index contributed by atoms with van der Waals surface area (Å²) in [6, 6.07) is 14.5. The molecule has 0 radical (unpaired) electrons. The van der Waals surface area contributed by atoms with Crippen LogP contribution in [-0.4, -0.2) is 41.9 Å². The van der Waals surface area contributed by atoms with Gasteiger partial charge < -0.3 is 9.80 Å². The lowest BCUT2D eigenvalue weighted by atomic mass is 10.1. The Labute approximate surface area is 152 Å². The Balaban J connectivity index is 1.59. The van der Waals surface area contributed by atoms with Crippen LogP contribution in [0.2, 0.25) is 0 Å². The van der Waals surface area contributed by atoms with Crippen LogP contribution in [0.15, 0.2) is 54.6 Å². The van der Waals surface area contributed by atoms with E-state index in [1.165, 1.54) is 29.5 Å². The van der Waals surface area contributed by atoms with E-state index in [4.69, 9.17) is 0 Å². The van der Waals surface area contributed by atoms with Crippen molar-refractivity contribution >= 4 is 23.4 Å². The van der Waals surface area contributed by atoms with Crippen LogP contribution in [0.25, 0.3) is 6.08 Å². The molecule has 26 heavy (non-hydrogen) atoms. The number of piperazine rings is 1. The van der Waals surface area contributed by atoms with Crippen molar-refractivity contribution in [2.75, 3.05) is 31.1 Å². The van der Waals surface area contributed by atoms with Gasteiger partial charge in [-0.2, -0.15) is 0 Å². The first-order valence-corrected chi connectivity index (χ1v) is 8.56. The molecule has 6 nitrogen and oxygen atoms in total. The molecule has 0 unspecified atom stereocenters. The van der Waals surface area contributed by atoms with Gasteiger partial charge in [0.2, 0.25) is 5.91 Å². The summed E-state index contributed by atoms with van der Waals surface area (Å²) in [5.41, 5.74) is 3.11. The van der Waals surface area contributed by atoms with Gasteiger partial charge in [0.25, 0.3) is 5.69 Å². The number of aryl methyl sites for hydroxylation is 1. The minimum Gasteiger partial charge on any atom is -0.368 e. The highest BCUT2D eigenvalue weighted by Crippen LogP contribution is 2.21. The monoisotopic (exact) mass is 351 g/mol. The van der Waals surface area contributed by atoms with Gasteiger partial charge in [-0.05, 0) is 30.2 Å². The molecule has 0 N–H and O–H groups in total. The maximum Gasteiger partial charge on any atom is 0.270 e. The van der Waals surface area contributed by atoms with E-state index < -0.39 is 4.92 Å². The van der Waals surface area contributed by atoms with Gasteiger partial charge in [-0.15, -0.1) is 0 Å². The summed E-state index contributed by atoms with van der Waals surface area (Å²) >= 11 is 0. The molecule has 0 aromatic heterocycles. The van der Waals surface area contributed by atoms with Crippen molar-refractivity contribution in [3.63, 3.8) is 0 Å². The predicted octanol–water partition coefficient (Wildman–Crippen LogP) is 3.27. The number of amides is 1. The molecule has 0 aliphatic carbocycles. The quantitative estimate of drug-likeness (QED) is 0.482. The minimum atomic E-state index is -0.441. The molecule has 0 bridgehead atoms. The lowest BCUT2D eigenvalue weighted by Crippen LogP contribution is -2.48. The van der Waals surface area contributed by atoms with E-state index >= 15 is 0 Å². The third-order valence-corrected chi connectivity index (χ3v) is 4.55. The number of carbonyl (C=O) groups is 1. The molecule has 1 amide bonds. The Morgan fingerprint density at radius 2 is 1.81 bits per heavy atom. The zero-order valence-corrected chi connectivity index (χ0v) is 14.7. The van der Waals surface area contributed by atoms with Crippen molar-refractivity contribution in [2.24, 2.45) is 0 Å². The Morgan fingerprint density at radius 1 is 1.08 bits per heavy atom. The number of nitrogens with zero attached hydrogens (tertiary/aromatic N) is 3. The Bertz CT molecular complexity index is 840. The fourth-order valence-corrected chi connectivity index (χ4v) is 3.10. The van der Waals surface area contributed by atoms with Gasteiger partial charge in [-0.3, -0.25) is 14.9 Å². The van der Waals surface area contributed by atoms with E-state index in [9.17, 15) is 14.9 Å². The lowest BCUT2D eigenvalue weighted by molar-refractivity contribution is -0.384. The van der Waals surface area contributed by atoms with Gasteiger partial charge in [-0.1, -0.05) is 30.3 Å². The summed E-state index contributed by atoms with van der Waals surface area (Å²) in [6.45, 7) is 5.00. The molecule has 0 atom stereocenters. The Kier molecular flexibility index (Phi) is 5.31. The fraction of sp³-hybridized carbons (Fsp3) is 0.250. The number of hydrogen-bond acceptors (Lipinski definition) is 4. The summed E-state index contributed by atoms with van der Waals surface area (Å²) in [4.78, 5) is 26.9. The van der Waals surface area contributed by atoms with Crippen LogP contribution in [0.5, 0.6) is 0 Å². The summed E-state index contributed by atoms with van der Waals surface area (Å²) in [7, 11) is 0. The van der Waals surface area contributed by atoms with Crippen LogP contribution >= 0.6 is 0 Å². The van der Waals surface area contributed by atoms with E-state index in [1.54, 1.807) is 18.2 Å². The molecule has 134 valence electrons. The summed E-state index contributed by atoms with van der Waals surface area (Å²) in [5, 5.41) is 10.8. The van der Waals surface area contributed by atoms with Crippen molar-refractivity contribution in [1.82, 2.24) is 4.90 Å². The van der Waals surface area contributed by atoms with Crippen LogP contribution < -0.4 is 4.90 Å². The van der Waals surface area contributed by atoms with E-state index in [1.807, 2.05) is 17.0 Å². The van der Waals surface area contributed by atoms with Crippen molar-refractivity contribution in [3.8, 4) is 0 Å². The van der Waals surface area contributed by atoms with E-state index in [2.05, 4.69) is 24.0 Å². The van der Waals surface area contributed by atoms with Gasteiger partial charge in [0.1, 0.15) is 0 Å². The SMILES string of the molecule is Cc1ccccc1N1CCN(C(=O)/C=C/c2cccc([N+](=O)[O-])c2)CC1. The summed E-state index contributed by atoms with van der Waals surface area (Å²) in [6.07, 6.45) is 3.12. The molecular formula is C20H21N3O3. The van der Waals surface area contributed by atoms with Crippen LogP contribution in [-0.2, 0) is 4.79 Å². The number of para-hydroxylation sites is 1. The summed E-state index contributed by atoms with van der Waals surface area (Å²) in [5.74, 6) is -0.0686. The highest BCUT2D eigenvalue weighted by molar-refractivity contribution is 5.92. The third-order valence-electron chi connectivity index (χ3n) is 4.55. The first-order chi connectivity index (χ1) is 12.5. The number of benzene rings is 2. The molecular weight excluding hydrogens is 330 g/mol. The molecule has 1 heterocycles. The van der Waals surface area contributed by atoms with Crippen molar-refractivity contribution in [2.45, 2.75) is 6.92 Å². The highest BCUT2D eigenvalue weighted by atomic mass is 16.6. The van der Waals surface area contributed by atoms with E-state index in [-0.39, 0.29) is 11.6 Å². The number of rotatable bonds is 4. The number of anilines is 1. The number of nitro groups is 1. The van der Waals surface area contributed by atoms with Gasteiger partial charge in [0, 0.05) is 50.1 Å². The maximum atomic E-state index is 12.4. The number of hydrogen-bond donors (Lipinski definition) is 0. The molecule has 0 spiro atoms. The van der Waals surface area contributed by atoms with Gasteiger partial charge in [-0.25, -0.2) is 0 Å². The lowest BCUT2D eigenvalue weighted by Gasteiger charge is -2.36. The second kappa shape index (κ2) is 7.82. The van der Waals surface area contributed by atoms with Gasteiger partial charge in [0.05, 0.1) is 4.92 Å². The average Bonchev–Trinajstić information content (AvgIpc) is 2.67. The van der Waals surface area contributed by atoms with Crippen LogP contribution in [0.1, 0.15) is 11.1 Å². The molecule has 3 rings (SSSR count). The maximum absolute atomic E-state index is 12.4. The molecule has 1 saturated heterocycles. The average molecular weight is 351 g/mol. The topological polar surface area (TPSA) is 66.7 Å². The van der Waals surface area contributed by atoms with Gasteiger partial charge >= 0.3 is 0 Å². The first kappa shape index (κ1) is 17.7. The molecule has 0 saturated carbocycles. The highest BCUT2D eigenvalue weighted by Gasteiger charge is 2.20. The fourth-order valence-electron chi connectivity index (χ4n) is 3.10. The molecule has 1 fully saturated rings. The first-order valence-electron chi connectivity index (χ1n) is 8.56. The third kappa shape index (κ3) is 4.08. The number of carbonyl (C=O) groups excluding carboxylic acids is 1. The van der Waals surface area contributed by atoms with Crippen LogP contribution in [0, 0.1) is 17.0 Å². The van der Waals surface area contributed by atoms with Crippen molar-refractivity contribution in [3.05, 3.63) is 75.8 Å². The zero-order valence-electron chi connectivity index (χ0n) is 14.7. The van der Waals surface area contributed by atoms with Crippen molar-refractivity contribution < 1.29 is 9.72 Å². The molecule has 2 aromatic rings. The summed E-state index contributed by atoms with van der Waals surface area (Å²) < 4.78 is 0. The largest absolute Gasteiger partial charge is 0.368 e. The van der Waals surface area contributed by atoms with Crippen LogP contribution in [0.3, 0.4) is 0 Å². The normalized spacial score (nSPS) is 14.7. The molecule has 6 heteroatoms. The standard InChI is InChI=1S/C20H21N3O3/c1-16-5-2-3-8-19(16)21-11-13-22(14-12-21)20(24)10-9-17-6-4-7-18(15-17)23(25)26/h2-10,15H,11-14H2,1H3/b10-9+. The van der Waals surface area contributed by atoms with E-state index in [0.717, 1.165) is 13.1 Å². The van der Waals surface area contributed by atoms with Crippen molar-refractivity contribution in [1.29, 1.82) is 0 Å². The second-order valence-electron chi connectivity index (χ2n) is 6.28. The minimum absolute atomic E-state index is 0.0199. The molecule has 1 aliphatic heterocycles. The molecule has 2 aromatic carbocycles. The predicted molar refractivity (Wildman–Crippen MR) is 102 cm³/mol. The Morgan fingerprint density at radius 3 is 2.50 bits per heavy atom. The van der Waals surface area contributed by atoms with Gasteiger partial charge in [0.15, 0.2) is 0 Å². The Hall–Kier alpha value is -3.15. The van der Waals surface area contributed by atoms with E-state index in [0.29, 0.717) is 18.7 Å². The molecule has 1 aliphatic rings. The second-order valence-corrected chi connectivity index (χ2v) is 6.28. The van der Waals surface area contributed by atoms with Crippen LogP contribution in [0.4, 0.5) is 11.4 Å².